The molecule has 16 heavy (non-hydrogen) atoms. The number of hydrogen-bond donors (Lipinski definition) is 1. The maximum absolute atomic E-state index is 13.7. The van der Waals surface area contributed by atoms with Gasteiger partial charge in [0.2, 0.25) is 0 Å². The summed E-state index contributed by atoms with van der Waals surface area (Å²) in [6.07, 6.45) is 0. The Hall–Kier alpha value is -1.58. The largest absolute Gasteiger partial charge is 0.456 e. The van der Waals surface area contributed by atoms with Crippen LogP contribution in [0.25, 0.3) is 0 Å². The summed E-state index contributed by atoms with van der Waals surface area (Å²) < 4.78 is 18.8. The van der Waals surface area contributed by atoms with Crippen LogP contribution in [0.4, 0.5) is 10.1 Å². The first-order chi connectivity index (χ1) is 7.22. The van der Waals surface area contributed by atoms with Crippen LogP contribution in [-0.4, -0.2) is 11.6 Å². The van der Waals surface area contributed by atoms with Crippen molar-refractivity contribution in [1.82, 2.24) is 0 Å². The Morgan fingerprint density at radius 1 is 1.38 bits per heavy atom. The summed E-state index contributed by atoms with van der Waals surface area (Å²) in [6, 6.07) is 2.84. The lowest BCUT2D eigenvalue weighted by atomic mass is 10.1. The van der Waals surface area contributed by atoms with Gasteiger partial charge < -0.3 is 10.5 Å². The zero-order chi connectivity index (χ0) is 12.5. The second-order valence-corrected chi connectivity index (χ2v) is 4.64. The first-order valence-corrected chi connectivity index (χ1v) is 5.00. The highest BCUT2D eigenvalue weighted by atomic mass is 19.1. The van der Waals surface area contributed by atoms with Crippen LogP contribution in [0, 0.1) is 12.7 Å². The zero-order valence-electron chi connectivity index (χ0n) is 9.93. The zero-order valence-corrected chi connectivity index (χ0v) is 9.93. The highest BCUT2D eigenvalue weighted by Gasteiger charge is 2.21. The molecule has 0 fully saturated rings. The highest BCUT2D eigenvalue weighted by molar-refractivity contribution is 5.90. The van der Waals surface area contributed by atoms with Gasteiger partial charge in [0.25, 0.3) is 0 Å². The van der Waals surface area contributed by atoms with E-state index >= 15 is 0 Å². The van der Waals surface area contributed by atoms with Crippen LogP contribution in [0.5, 0.6) is 0 Å². The van der Waals surface area contributed by atoms with Crippen LogP contribution in [0.15, 0.2) is 12.1 Å². The molecule has 0 aliphatic heterocycles. The van der Waals surface area contributed by atoms with Crippen molar-refractivity contribution in [3.63, 3.8) is 0 Å². The number of carbonyl (C=O) groups excluding carboxylic acids is 1. The Balaban J connectivity index is 3.06. The Morgan fingerprint density at radius 3 is 2.44 bits per heavy atom. The number of ether oxygens (including phenoxy) is 1. The number of rotatable bonds is 1. The highest BCUT2D eigenvalue weighted by Crippen LogP contribution is 2.21. The van der Waals surface area contributed by atoms with Crippen LogP contribution in [0.1, 0.15) is 36.7 Å². The van der Waals surface area contributed by atoms with Crippen LogP contribution in [0.2, 0.25) is 0 Å². The minimum atomic E-state index is -0.673. The molecule has 0 aromatic heterocycles. The van der Waals surface area contributed by atoms with Gasteiger partial charge in [0.1, 0.15) is 11.4 Å². The Labute approximate surface area is 94.4 Å². The van der Waals surface area contributed by atoms with E-state index in [-0.39, 0.29) is 11.1 Å². The minimum absolute atomic E-state index is 0.0818. The quantitative estimate of drug-likeness (QED) is 0.590. The molecule has 1 rings (SSSR count). The average Bonchev–Trinajstić information content (AvgIpc) is 2.11. The number of anilines is 1. The molecule has 0 aliphatic rings. The number of hydrogen-bond acceptors (Lipinski definition) is 3. The van der Waals surface area contributed by atoms with Gasteiger partial charge in [-0.2, -0.15) is 0 Å². The van der Waals surface area contributed by atoms with Gasteiger partial charge in [-0.15, -0.1) is 0 Å². The molecule has 1 aromatic carbocycles. The molecular weight excluding hydrogens is 209 g/mol. The molecule has 0 radical (unpaired) electrons. The molecule has 0 atom stereocenters. The molecule has 3 nitrogen and oxygen atoms in total. The van der Waals surface area contributed by atoms with E-state index in [1.54, 1.807) is 20.8 Å². The molecule has 1 aromatic rings. The van der Waals surface area contributed by atoms with Crippen molar-refractivity contribution in [2.45, 2.75) is 33.3 Å². The lowest BCUT2D eigenvalue weighted by Gasteiger charge is -2.20. The monoisotopic (exact) mass is 225 g/mol. The van der Waals surface area contributed by atoms with E-state index in [9.17, 15) is 9.18 Å². The van der Waals surface area contributed by atoms with Crippen molar-refractivity contribution in [2.24, 2.45) is 0 Å². The molecule has 4 heteroatoms. The molecule has 0 amide bonds. The minimum Gasteiger partial charge on any atom is -0.456 e. The molecule has 0 spiro atoms. The molecule has 88 valence electrons. The third-order valence-corrected chi connectivity index (χ3v) is 2.05. The van der Waals surface area contributed by atoms with Gasteiger partial charge in [-0.3, -0.25) is 0 Å². The van der Waals surface area contributed by atoms with Gasteiger partial charge in [-0.25, -0.2) is 9.18 Å². The SMILES string of the molecule is Cc1c(N)ccc(C(=O)OC(C)(C)C)c1F. The average molecular weight is 225 g/mol. The second kappa shape index (κ2) is 4.12. The summed E-state index contributed by atoms with van der Waals surface area (Å²) >= 11 is 0. The first-order valence-electron chi connectivity index (χ1n) is 5.00. The number of halogens is 1. The van der Waals surface area contributed by atoms with Crippen molar-refractivity contribution >= 4 is 11.7 Å². The van der Waals surface area contributed by atoms with Gasteiger partial charge in [0.05, 0.1) is 5.56 Å². The van der Waals surface area contributed by atoms with Crippen molar-refractivity contribution in [3.05, 3.63) is 29.1 Å². The van der Waals surface area contributed by atoms with Crippen molar-refractivity contribution in [2.75, 3.05) is 5.73 Å². The number of benzene rings is 1. The predicted molar refractivity (Wildman–Crippen MR) is 60.7 cm³/mol. The summed E-state index contributed by atoms with van der Waals surface area (Å²) in [5.41, 5.74) is 5.39. The summed E-state index contributed by atoms with van der Waals surface area (Å²) in [5.74, 6) is -1.29. The maximum Gasteiger partial charge on any atom is 0.341 e. The first kappa shape index (κ1) is 12.5. The smallest absolute Gasteiger partial charge is 0.341 e. The maximum atomic E-state index is 13.7. The Bertz CT molecular complexity index is 422. The van der Waals surface area contributed by atoms with E-state index in [1.165, 1.54) is 19.1 Å². The summed E-state index contributed by atoms with van der Waals surface area (Å²) in [5, 5.41) is 0. The van der Waals surface area contributed by atoms with Gasteiger partial charge in [-0.1, -0.05) is 0 Å². The van der Waals surface area contributed by atoms with E-state index < -0.39 is 17.4 Å². The lowest BCUT2D eigenvalue weighted by Crippen LogP contribution is -2.24. The molecule has 0 bridgehead atoms. The van der Waals surface area contributed by atoms with Crippen LogP contribution in [0.3, 0.4) is 0 Å². The Kier molecular flexibility index (Phi) is 3.21. The third-order valence-electron chi connectivity index (χ3n) is 2.05. The summed E-state index contributed by atoms with van der Waals surface area (Å²) in [4.78, 5) is 11.6. The van der Waals surface area contributed by atoms with E-state index in [0.29, 0.717) is 5.69 Å². The molecule has 0 heterocycles. The van der Waals surface area contributed by atoms with Gasteiger partial charge in [-0.05, 0) is 39.8 Å². The molecule has 2 N–H and O–H groups in total. The lowest BCUT2D eigenvalue weighted by molar-refractivity contribution is 0.00646. The summed E-state index contributed by atoms with van der Waals surface area (Å²) in [7, 11) is 0. The van der Waals surface area contributed by atoms with Crippen molar-refractivity contribution in [3.8, 4) is 0 Å². The Morgan fingerprint density at radius 2 is 1.94 bits per heavy atom. The van der Waals surface area contributed by atoms with Gasteiger partial charge >= 0.3 is 5.97 Å². The number of nitrogen functional groups attached to an aromatic ring is 1. The van der Waals surface area contributed by atoms with E-state index in [4.69, 9.17) is 10.5 Å². The fraction of sp³-hybridized carbons (Fsp3) is 0.417. The van der Waals surface area contributed by atoms with E-state index in [1.807, 2.05) is 0 Å². The van der Waals surface area contributed by atoms with Crippen LogP contribution < -0.4 is 5.73 Å². The molecular formula is C12H16FNO2. The van der Waals surface area contributed by atoms with Gasteiger partial charge in [0.15, 0.2) is 0 Å². The number of esters is 1. The molecule has 0 saturated carbocycles. The normalized spacial score (nSPS) is 11.3. The van der Waals surface area contributed by atoms with Crippen molar-refractivity contribution in [1.29, 1.82) is 0 Å². The number of nitrogens with two attached hydrogens (primary N) is 1. The molecule has 0 unspecified atom stereocenters. The molecule has 0 aliphatic carbocycles. The van der Waals surface area contributed by atoms with E-state index in [0.717, 1.165) is 0 Å². The standard InChI is InChI=1S/C12H16FNO2/c1-7-9(14)6-5-8(10(7)13)11(15)16-12(2,3)4/h5-6H,14H2,1-4H3. The fourth-order valence-corrected chi connectivity index (χ4v) is 1.19. The van der Waals surface area contributed by atoms with Crippen molar-refractivity contribution < 1.29 is 13.9 Å². The van der Waals surface area contributed by atoms with Crippen LogP contribution in [-0.2, 0) is 4.74 Å². The summed E-state index contributed by atoms with van der Waals surface area (Å²) in [6.45, 7) is 6.71. The third kappa shape index (κ3) is 2.72. The second-order valence-electron chi connectivity index (χ2n) is 4.64. The van der Waals surface area contributed by atoms with Crippen LogP contribution >= 0.6 is 0 Å². The van der Waals surface area contributed by atoms with E-state index in [2.05, 4.69) is 0 Å². The molecule has 0 saturated heterocycles. The fourth-order valence-electron chi connectivity index (χ4n) is 1.19. The van der Waals surface area contributed by atoms with Gasteiger partial charge in [0, 0.05) is 11.3 Å². The number of carbonyl (C=O) groups is 1. The topological polar surface area (TPSA) is 52.3 Å². The predicted octanol–water partition coefficient (Wildman–Crippen LogP) is 2.67.